The molecule has 2 rings (SSSR count). The molecule has 0 bridgehead atoms. The molecular formula is C17H23NO4S. The van der Waals surface area contributed by atoms with Crippen LogP contribution in [0, 0.1) is 5.92 Å². The summed E-state index contributed by atoms with van der Waals surface area (Å²) in [5.41, 5.74) is 1.05. The van der Waals surface area contributed by atoms with Crippen LogP contribution in [0.4, 0.5) is 0 Å². The normalized spacial score (nSPS) is 13.2. The first-order valence-corrected chi connectivity index (χ1v) is 9.23. The van der Waals surface area contributed by atoms with E-state index in [0.717, 1.165) is 35.6 Å². The van der Waals surface area contributed by atoms with Gasteiger partial charge in [-0.05, 0) is 59.4 Å². The number of aromatic hydroxyl groups is 1. The number of rotatable bonds is 7. The van der Waals surface area contributed by atoms with Gasteiger partial charge in [0.05, 0.1) is 0 Å². The highest BCUT2D eigenvalue weighted by Crippen LogP contribution is 2.30. The fourth-order valence-corrected chi connectivity index (χ4v) is 3.21. The topological polar surface area (TPSA) is 89.6 Å². The number of fused-ring (bicyclic) bond motifs is 1. The first-order chi connectivity index (χ1) is 10.8. The molecule has 5 nitrogen and oxygen atoms in total. The van der Waals surface area contributed by atoms with E-state index in [4.69, 9.17) is 5.14 Å². The van der Waals surface area contributed by atoms with Gasteiger partial charge in [-0.15, -0.1) is 0 Å². The highest BCUT2D eigenvalue weighted by molar-refractivity contribution is 7.84. The SMILES string of the molecule is CCCC(C)CCc1cc(O)cc2cc(OS(N)(=O)=O)ccc12. The van der Waals surface area contributed by atoms with E-state index in [-0.39, 0.29) is 11.5 Å². The second-order valence-corrected chi connectivity index (χ2v) is 7.15. The number of aryl methyl sites for hydroxylation is 1. The van der Waals surface area contributed by atoms with Gasteiger partial charge in [-0.3, -0.25) is 0 Å². The molecule has 0 spiro atoms. The van der Waals surface area contributed by atoms with E-state index in [1.54, 1.807) is 30.3 Å². The van der Waals surface area contributed by atoms with Gasteiger partial charge < -0.3 is 9.29 Å². The number of benzene rings is 2. The fraction of sp³-hybridized carbons (Fsp3) is 0.412. The van der Waals surface area contributed by atoms with Crippen LogP contribution in [-0.4, -0.2) is 13.5 Å². The highest BCUT2D eigenvalue weighted by Gasteiger charge is 2.10. The van der Waals surface area contributed by atoms with E-state index >= 15 is 0 Å². The molecule has 126 valence electrons. The molecule has 1 atom stereocenters. The lowest BCUT2D eigenvalue weighted by molar-refractivity contribution is 0.471. The lowest BCUT2D eigenvalue weighted by Gasteiger charge is -2.13. The fourth-order valence-electron chi connectivity index (χ4n) is 2.84. The van der Waals surface area contributed by atoms with Crippen molar-refractivity contribution < 1.29 is 17.7 Å². The van der Waals surface area contributed by atoms with Crippen molar-refractivity contribution in [3.8, 4) is 11.5 Å². The zero-order valence-electron chi connectivity index (χ0n) is 13.5. The van der Waals surface area contributed by atoms with Crippen molar-refractivity contribution in [1.82, 2.24) is 0 Å². The van der Waals surface area contributed by atoms with Crippen molar-refractivity contribution in [3.63, 3.8) is 0 Å². The van der Waals surface area contributed by atoms with Crippen molar-refractivity contribution in [2.75, 3.05) is 0 Å². The first kappa shape index (κ1) is 17.6. The minimum absolute atomic E-state index is 0.135. The average Bonchev–Trinajstić information content (AvgIpc) is 2.42. The van der Waals surface area contributed by atoms with E-state index in [1.807, 2.05) is 0 Å². The minimum Gasteiger partial charge on any atom is -0.508 e. The summed E-state index contributed by atoms with van der Waals surface area (Å²) in [6, 6.07) is 8.29. The third kappa shape index (κ3) is 5.11. The molecule has 0 radical (unpaired) electrons. The molecule has 0 aliphatic rings. The Bertz CT molecular complexity index is 787. The molecule has 2 aromatic rings. The van der Waals surface area contributed by atoms with Crippen molar-refractivity contribution in [2.45, 2.75) is 39.5 Å². The molecule has 2 aromatic carbocycles. The summed E-state index contributed by atoms with van der Waals surface area (Å²) in [7, 11) is -4.06. The second-order valence-electron chi connectivity index (χ2n) is 6.00. The maximum absolute atomic E-state index is 11.0. The van der Waals surface area contributed by atoms with Gasteiger partial charge in [-0.25, -0.2) is 0 Å². The predicted molar refractivity (Wildman–Crippen MR) is 91.7 cm³/mol. The summed E-state index contributed by atoms with van der Waals surface area (Å²) in [5.74, 6) is 0.918. The molecule has 3 N–H and O–H groups in total. The van der Waals surface area contributed by atoms with Gasteiger partial charge in [-0.1, -0.05) is 32.8 Å². The maximum Gasteiger partial charge on any atom is 0.380 e. The Hall–Kier alpha value is -1.79. The Morgan fingerprint density at radius 2 is 1.96 bits per heavy atom. The van der Waals surface area contributed by atoms with Gasteiger partial charge in [-0.2, -0.15) is 13.6 Å². The lowest BCUT2D eigenvalue weighted by Crippen LogP contribution is -2.18. The number of hydrogen-bond acceptors (Lipinski definition) is 4. The molecule has 0 aromatic heterocycles. The summed E-state index contributed by atoms with van der Waals surface area (Å²) in [6.07, 6.45) is 4.25. The Kier molecular flexibility index (Phi) is 5.49. The Morgan fingerprint density at radius 3 is 2.61 bits per heavy atom. The number of hydrogen-bond donors (Lipinski definition) is 2. The molecule has 0 heterocycles. The number of phenolic OH excluding ortho intramolecular Hbond substituents is 1. The largest absolute Gasteiger partial charge is 0.508 e. The van der Waals surface area contributed by atoms with Crippen LogP contribution >= 0.6 is 0 Å². The van der Waals surface area contributed by atoms with E-state index in [9.17, 15) is 13.5 Å². The third-order valence-corrected chi connectivity index (χ3v) is 4.32. The van der Waals surface area contributed by atoms with Crippen LogP contribution in [0.3, 0.4) is 0 Å². The van der Waals surface area contributed by atoms with Crippen LogP contribution in [-0.2, 0) is 16.7 Å². The Morgan fingerprint density at radius 1 is 1.22 bits per heavy atom. The molecule has 0 aliphatic heterocycles. The second kappa shape index (κ2) is 7.19. The average molecular weight is 337 g/mol. The summed E-state index contributed by atoms with van der Waals surface area (Å²) in [6.45, 7) is 4.40. The zero-order valence-corrected chi connectivity index (χ0v) is 14.3. The van der Waals surface area contributed by atoms with Crippen LogP contribution in [0.1, 0.15) is 38.7 Å². The third-order valence-electron chi connectivity index (χ3n) is 3.89. The number of nitrogens with two attached hydrogens (primary N) is 1. The molecule has 0 aliphatic carbocycles. The molecular weight excluding hydrogens is 314 g/mol. The molecule has 0 amide bonds. The van der Waals surface area contributed by atoms with Crippen LogP contribution in [0.15, 0.2) is 30.3 Å². The quantitative estimate of drug-likeness (QED) is 0.809. The standard InChI is InChI=1S/C17H23NO4S/c1-3-4-12(2)5-6-13-9-15(19)10-14-11-16(7-8-17(13)14)22-23(18,20)21/h7-12,19H,3-6H2,1-2H3,(H2,18,20,21). The first-order valence-electron chi connectivity index (χ1n) is 7.76. The van der Waals surface area contributed by atoms with Gasteiger partial charge in [0.2, 0.25) is 0 Å². The molecule has 0 fully saturated rings. The predicted octanol–water partition coefficient (Wildman–Crippen LogP) is 3.50. The zero-order chi connectivity index (χ0) is 17.0. The smallest absolute Gasteiger partial charge is 0.380 e. The number of phenols is 1. The molecule has 1 unspecified atom stereocenters. The van der Waals surface area contributed by atoms with E-state index in [2.05, 4.69) is 18.0 Å². The molecule has 23 heavy (non-hydrogen) atoms. The maximum atomic E-state index is 11.0. The van der Waals surface area contributed by atoms with Crippen LogP contribution in [0.25, 0.3) is 10.8 Å². The summed E-state index contributed by atoms with van der Waals surface area (Å²) < 4.78 is 26.7. The van der Waals surface area contributed by atoms with Crippen LogP contribution < -0.4 is 9.32 Å². The van der Waals surface area contributed by atoms with E-state index in [1.165, 1.54) is 6.42 Å². The van der Waals surface area contributed by atoms with Crippen molar-refractivity contribution in [1.29, 1.82) is 0 Å². The Balaban J connectivity index is 2.31. The van der Waals surface area contributed by atoms with Gasteiger partial charge in [0.25, 0.3) is 0 Å². The molecule has 0 saturated carbocycles. The summed E-state index contributed by atoms with van der Waals surface area (Å²) in [5, 5.41) is 16.5. The van der Waals surface area contributed by atoms with Gasteiger partial charge in [0, 0.05) is 0 Å². The molecule has 0 saturated heterocycles. The van der Waals surface area contributed by atoms with Crippen LogP contribution in [0.5, 0.6) is 11.5 Å². The summed E-state index contributed by atoms with van der Waals surface area (Å²) >= 11 is 0. The lowest BCUT2D eigenvalue weighted by atomic mass is 9.94. The van der Waals surface area contributed by atoms with Crippen molar-refractivity contribution >= 4 is 21.1 Å². The minimum atomic E-state index is -4.06. The van der Waals surface area contributed by atoms with Crippen molar-refractivity contribution in [3.05, 3.63) is 35.9 Å². The van der Waals surface area contributed by atoms with Gasteiger partial charge in [0.1, 0.15) is 11.5 Å². The van der Waals surface area contributed by atoms with Crippen molar-refractivity contribution in [2.24, 2.45) is 11.1 Å². The van der Waals surface area contributed by atoms with Gasteiger partial charge >= 0.3 is 10.3 Å². The summed E-state index contributed by atoms with van der Waals surface area (Å²) in [4.78, 5) is 0. The van der Waals surface area contributed by atoms with Crippen LogP contribution in [0.2, 0.25) is 0 Å². The Labute approximate surface area is 137 Å². The molecule has 6 heteroatoms. The van der Waals surface area contributed by atoms with E-state index in [0.29, 0.717) is 5.92 Å². The monoisotopic (exact) mass is 337 g/mol. The highest BCUT2D eigenvalue weighted by atomic mass is 32.2. The van der Waals surface area contributed by atoms with Gasteiger partial charge in [0.15, 0.2) is 0 Å². The van der Waals surface area contributed by atoms with E-state index < -0.39 is 10.3 Å².